The van der Waals surface area contributed by atoms with Crippen molar-refractivity contribution in [1.29, 1.82) is 0 Å². The van der Waals surface area contributed by atoms with Crippen molar-refractivity contribution in [2.24, 2.45) is 5.16 Å². The summed E-state index contributed by atoms with van der Waals surface area (Å²) in [7, 11) is 0. The number of oxime groups is 1. The van der Waals surface area contributed by atoms with E-state index >= 15 is 0 Å². The van der Waals surface area contributed by atoms with Gasteiger partial charge in [0.05, 0.1) is 0 Å². The molecule has 0 unspecified atom stereocenters. The standard InChI is InChI=1S/C25H25NO5S/c1-3-4-5-9-12-22(26-31-17(2)27)24(28)21-15-18-13-14-20(16-23(18)30-25(21)29)32-19-10-7-6-8-11-19/h6-8,10-11,13-16H,3-5,9,12H2,1-2H3/b26-22+. The highest BCUT2D eigenvalue weighted by Crippen LogP contribution is 2.29. The van der Waals surface area contributed by atoms with Crippen LogP contribution in [0.1, 0.15) is 56.3 Å². The zero-order valence-corrected chi connectivity index (χ0v) is 18.9. The molecule has 0 aliphatic carbocycles. The molecule has 3 aromatic rings. The predicted molar refractivity (Wildman–Crippen MR) is 125 cm³/mol. The van der Waals surface area contributed by atoms with Crippen molar-refractivity contribution in [2.75, 3.05) is 0 Å². The Balaban J connectivity index is 1.87. The first kappa shape index (κ1) is 23.5. The molecule has 166 valence electrons. The molecule has 0 aliphatic heterocycles. The summed E-state index contributed by atoms with van der Waals surface area (Å²) in [5.41, 5.74) is -0.427. The molecule has 0 amide bonds. The Bertz CT molecular complexity index is 1180. The van der Waals surface area contributed by atoms with Crippen molar-refractivity contribution in [3.63, 3.8) is 0 Å². The van der Waals surface area contributed by atoms with E-state index in [1.165, 1.54) is 13.0 Å². The number of rotatable bonds is 10. The Labute approximate surface area is 190 Å². The zero-order chi connectivity index (χ0) is 22.9. The Kier molecular flexibility index (Phi) is 8.39. The van der Waals surface area contributed by atoms with E-state index in [0.29, 0.717) is 23.8 Å². The molecule has 0 radical (unpaired) electrons. The molecule has 1 aromatic heterocycles. The van der Waals surface area contributed by atoms with Crippen LogP contribution in [0.2, 0.25) is 0 Å². The average molecular weight is 452 g/mol. The Hall–Kier alpha value is -3.19. The van der Waals surface area contributed by atoms with Gasteiger partial charge >= 0.3 is 11.6 Å². The zero-order valence-electron chi connectivity index (χ0n) is 18.1. The van der Waals surface area contributed by atoms with Gasteiger partial charge in [-0.3, -0.25) is 4.79 Å². The number of nitrogens with zero attached hydrogens (tertiary/aromatic N) is 1. The molecule has 0 N–H and O–H groups in total. The van der Waals surface area contributed by atoms with Gasteiger partial charge in [0.1, 0.15) is 16.9 Å². The number of unbranched alkanes of at least 4 members (excludes halogenated alkanes) is 3. The number of Topliss-reactive ketones (excluding diaryl/α,β-unsaturated/α-hetero) is 1. The summed E-state index contributed by atoms with van der Waals surface area (Å²) < 4.78 is 5.46. The highest BCUT2D eigenvalue weighted by atomic mass is 32.2. The van der Waals surface area contributed by atoms with Gasteiger partial charge < -0.3 is 9.25 Å². The summed E-state index contributed by atoms with van der Waals surface area (Å²) >= 11 is 1.55. The maximum absolute atomic E-state index is 13.0. The van der Waals surface area contributed by atoms with Crippen molar-refractivity contribution in [2.45, 2.75) is 55.7 Å². The molecule has 7 heteroatoms. The molecule has 0 fully saturated rings. The minimum Gasteiger partial charge on any atom is -0.422 e. The molecule has 6 nitrogen and oxygen atoms in total. The molecule has 2 aromatic carbocycles. The third-order valence-corrected chi connectivity index (χ3v) is 5.74. The lowest BCUT2D eigenvalue weighted by Crippen LogP contribution is -2.22. The van der Waals surface area contributed by atoms with Crippen molar-refractivity contribution in [3.8, 4) is 0 Å². The molecule has 0 spiro atoms. The largest absolute Gasteiger partial charge is 0.422 e. The van der Waals surface area contributed by atoms with Crippen LogP contribution in [-0.2, 0) is 9.63 Å². The van der Waals surface area contributed by atoms with E-state index in [1.54, 1.807) is 17.8 Å². The molecule has 0 bridgehead atoms. The highest BCUT2D eigenvalue weighted by Gasteiger charge is 2.21. The molecule has 1 heterocycles. The van der Waals surface area contributed by atoms with Gasteiger partial charge in [-0.05, 0) is 43.2 Å². The molecular weight excluding hydrogens is 426 g/mol. The lowest BCUT2D eigenvalue weighted by atomic mass is 10.0. The van der Waals surface area contributed by atoms with Crippen LogP contribution >= 0.6 is 11.8 Å². The normalized spacial score (nSPS) is 11.5. The first-order valence-electron chi connectivity index (χ1n) is 10.6. The summed E-state index contributed by atoms with van der Waals surface area (Å²) in [4.78, 5) is 43.5. The topological polar surface area (TPSA) is 85.9 Å². The fraction of sp³-hybridized carbons (Fsp3) is 0.280. The fourth-order valence-corrected chi connectivity index (χ4v) is 4.00. The smallest absolute Gasteiger partial charge is 0.347 e. The van der Waals surface area contributed by atoms with E-state index in [9.17, 15) is 14.4 Å². The van der Waals surface area contributed by atoms with Gasteiger partial charge in [-0.2, -0.15) is 0 Å². The van der Waals surface area contributed by atoms with Crippen LogP contribution in [0.5, 0.6) is 0 Å². The second kappa shape index (κ2) is 11.4. The van der Waals surface area contributed by atoms with Crippen molar-refractivity contribution >= 4 is 40.2 Å². The van der Waals surface area contributed by atoms with Crippen molar-refractivity contribution in [1.82, 2.24) is 0 Å². The van der Waals surface area contributed by atoms with Crippen LogP contribution in [0.25, 0.3) is 11.0 Å². The van der Waals surface area contributed by atoms with E-state index < -0.39 is 17.4 Å². The second-order valence-electron chi connectivity index (χ2n) is 7.32. The summed E-state index contributed by atoms with van der Waals surface area (Å²) in [6.07, 6.45) is 4.01. The number of hydrogen-bond acceptors (Lipinski definition) is 7. The second-order valence-corrected chi connectivity index (χ2v) is 8.47. The van der Waals surface area contributed by atoms with E-state index in [2.05, 4.69) is 12.1 Å². The van der Waals surface area contributed by atoms with Crippen molar-refractivity contribution < 1.29 is 18.8 Å². The number of carbonyl (C=O) groups excluding carboxylic acids is 2. The Morgan fingerprint density at radius 1 is 1.00 bits per heavy atom. The van der Waals surface area contributed by atoms with Crippen LogP contribution in [0.3, 0.4) is 0 Å². The lowest BCUT2D eigenvalue weighted by molar-refractivity contribution is -0.140. The quantitative estimate of drug-likeness (QED) is 0.0936. The summed E-state index contributed by atoms with van der Waals surface area (Å²) in [6, 6.07) is 16.9. The van der Waals surface area contributed by atoms with Crippen LogP contribution in [0.4, 0.5) is 0 Å². The van der Waals surface area contributed by atoms with E-state index in [-0.39, 0.29) is 11.3 Å². The maximum Gasteiger partial charge on any atom is 0.347 e. The van der Waals surface area contributed by atoms with E-state index in [4.69, 9.17) is 9.25 Å². The first-order chi connectivity index (χ1) is 15.5. The third kappa shape index (κ3) is 6.40. The molecule has 32 heavy (non-hydrogen) atoms. The summed E-state index contributed by atoms with van der Waals surface area (Å²) in [5.74, 6) is -1.21. The molecule has 0 aliphatic rings. The van der Waals surface area contributed by atoms with Crippen LogP contribution in [0.15, 0.2) is 78.8 Å². The number of benzene rings is 2. The van der Waals surface area contributed by atoms with Crippen LogP contribution in [-0.4, -0.2) is 17.5 Å². The molecule has 3 rings (SSSR count). The van der Waals surface area contributed by atoms with Gasteiger partial charge in [0.2, 0.25) is 5.78 Å². The van der Waals surface area contributed by atoms with Gasteiger partial charge in [0.15, 0.2) is 0 Å². The summed E-state index contributed by atoms with van der Waals surface area (Å²) in [6.45, 7) is 3.29. The lowest BCUT2D eigenvalue weighted by Gasteiger charge is -2.07. The van der Waals surface area contributed by atoms with Crippen LogP contribution < -0.4 is 5.63 Å². The van der Waals surface area contributed by atoms with Gasteiger partial charge in [-0.25, -0.2) is 9.59 Å². The monoisotopic (exact) mass is 451 g/mol. The third-order valence-electron chi connectivity index (χ3n) is 4.74. The average Bonchev–Trinajstić information content (AvgIpc) is 2.78. The number of ketones is 1. The molecule has 0 saturated carbocycles. The Morgan fingerprint density at radius 3 is 2.50 bits per heavy atom. The van der Waals surface area contributed by atoms with Crippen molar-refractivity contribution in [3.05, 3.63) is 70.6 Å². The number of carbonyl (C=O) groups is 2. The number of fused-ring (bicyclic) bond motifs is 1. The Morgan fingerprint density at radius 2 is 1.78 bits per heavy atom. The fourth-order valence-electron chi connectivity index (χ4n) is 3.13. The summed E-state index contributed by atoms with van der Waals surface area (Å²) in [5, 5.41) is 4.34. The van der Waals surface area contributed by atoms with E-state index in [0.717, 1.165) is 29.1 Å². The highest BCUT2D eigenvalue weighted by molar-refractivity contribution is 7.99. The molecular formula is C25H25NO5S. The van der Waals surface area contributed by atoms with Gasteiger partial charge in [0, 0.05) is 22.1 Å². The number of hydrogen-bond donors (Lipinski definition) is 0. The maximum atomic E-state index is 13.0. The minimum absolute atomic E-state index is 0.0409. The van der Waals surface area contributed by atoms with Crippen LogP contribution in [0, 0.1) is 0 Å². The van der Waals surface area contributed by atoms with E-state index in [1.807, 2.05) is 42.5 Å². The molecule has 0 atom stereocenters. The first-order valence-corrected chi connectivity index (χ1v) is 11.4. The predicted octanol–water partition coefficient (Wildman–Crippen LogP) is 6.02. The van der Waals surface area contributed by atoms with Gasteiger partial charge in [0.25, 0.3) is 0 Å². The van der Waals surface area contributed by atoms with Gasteiger partial charge in [-0.15, -0.1) is 0 Å². The minimum atomic E-state index is -0.742. The SMILES string of the molecule is CCCCCC/C(=N\OC(C)=O)C(=O)c1cc2ccc(Sc3ccccc3)cc2oc1=O. The van der Waals surface area contributed by atoms with Gasteiger partial charge in [-0.1, -0.05) is 67.4 Å². The molecule has 0 saturated heterocycles.